The Hall–Kier alpha value is -2.00. The molecule has 1 amide bonds. The van der Waals surface area contributed by atoms with Gasteiger partial charge in [-0.05, 0) is 6.92 Å². The Morgan fingerprint density at radius 1 is 1.33 bits per heavy atom. The van der Waals surface area contributed by atoms with E-state index < -0.39 is 12.0 Å². The van der Waals surface area contributed by atoms with Crippen LogP contribution in [-0.4, -0.2) is 66.0 Å². The first-order valence-electron chi connectivity index (χ1n) is 6.45. The molecular formula is C12H20N4O5. The Morgan fingerprint density at radius 3 is 2.57 bits per heavy atom. The number of aromatic nitrogens is 3. The van der Waals surface area contributed by atoms with Gasteiger partial charge in [0.15, 0.2) is 5.69 Å². The minimum atomic E-state index is -1.18. The molecule has 0 aliphatic rings. The molecule has 0 aliphatic carbocycles. The standard InChI is InChI=1S/C12H20N4O5/c1-8(11(17)13-5-7-21-3)16-9(4-6-20-2)10(12(18)19)14-15-16/h8H,4-7H2,1-3H3,(H,13,17)(H,18,19). The van der Waals surface area contributed by atoms with Crippen LogP contribution >= 0.6 is 0 Å². The van der Waals surface area contributed by atoms with Crippen molar-refractivity contribution in [2.45, 2.75) is 19.4 Å². The van der Waals surface area contributed by atoms with Gasteiger partial charge in [0, 0.05) is 27.2 Å². The summed E-state index contributed by atoms with van der Waals surface area (Å²) >= 11 is 0. The highest BCUT2D eigenvalue weighted by molar-refractivity contribution is 5.87. The number of methoxy groups -OCH3 is 2. The monoisotopic (exact) mass is 300 g/mol. The number of carboxylic acid groups (broad SMARTS) is 1. The summed E-state index contributed by atoms with van der Waals surface area (Å²) in [5, 5.41) is 19.2. The number of ether oxygens (including phenoxy) is 2. The molecule has 9 heteroatoms. The Balaban J connectivity index is 2.89. The van der Waals surface area contributed by atoms with Crippen LogP contribution in [0.15, 0.2) is 0 Å². The summed E-state index contributed by atoms with van der Waals surface area (Å²) in [6.45, 7) is 2.70. The molecule has 0 bridgehead atoms. The van der Waals surface area contributed by atoms with Gasteiger partial charge in [-0.15, -0.1) is 5.10 Å². The molecule has 0 fully saturated rings. The van der Waals surface area contributed by atoms with E-state index in [4.69, 9.17) is 14.6 Å². The van der Waals surface area contributed by atoms with Crippen LogP contribution in [0, 0.1) is 0 Å². The van der Waals surface area contributed by atoms with Crippen molar-refractivity contribution in [2.75, 3.05) is 34.0 Å². The van der Waals surface area contributed by atoms with Crippen molar-refractivity contribution in [1.82, 2.24) is 20.3 Å². The summed E-state index contributed by atoms with van der Waals surface area (Å²) in [4.78, 5) is 23.1. The summed E-state index contributed by atoms with van der Waals surface area (Å²) in [5.74, 6) is -1.47. The molecular weight excluding hydrogens is 280 g/mol. The lowest BCUT2D eigenvalue weighted by Gasteiger charge is -2.14. The van der Waals surface area contributed by atoms with Gasteiger partial charge < -0.3 is 19.9 Å². The van der Waals surface area contributed by atoms with Crippen LogP contribution < -0.4 is 5.32 Å². The van der Waals surface area contributed by atoms with Gasteiger partial charge in [-0.1, -0.05) is 5.21 Å². The minimum Gasteiger partial charge on any atom is -0.476 e. The van der Waals surface area contributed by atoms with Gasteiger partial charge in [0.2, 0.25) is 5.91 Å². The summed E-state index contributed by atoms with van der Waals surface area (Å²) < 4.78 is 11.1. The number of aromatic carboxylic acids is 1. The average molecular weight is 300 g/mol. The maximum absolute atomic E-state index is 12.0. The number of carboxylic acids is 1. The largest absolute Gasteiger partial charge is 0.476 e. The SMILES string of the molecule is COCCNC(=O)C(C)n1nnc(C(=O)O)c1CCOC. The van der Waals surface area contributed by atoms with E-state index >= 15 is 0 Å². The molecule has 0 saturated heterocycles. The summed E-state index contributed by atoms with van der Waals surface area (Å²) in [7, 11) is 3.05. The number of amides is 1. The van der Waals surface area contributed by atoms with E-state index in [9.17, 15) is 9.59 Å². The second-order valence-corrected chi connectivity index (χ2v) is 4.34. The molecule has 21 heavy (non-hydrogen) atoms. The number of nitrogens with zero attached hydrogens (tertiary/aromatic N) is 3. The van der Waals surface area contributed by atoms with Crippen molar-refractivity contribution in [3.63, 3.8) is 0 Å². The number of nitrogens with one attached hydrogen (secondary N) is 1. The molecule has 1 unspecified atom stereocenters. The second kappa shape index (κ2) is 8.32. The Bertz CT molecular complexity index is 488. The fourth-order valence-corrected chi connectivity index (χ4v) is 1.76. The molecule has 0 radical (unpaired) electrons. The quantitative estimate of drug-likeness (QED) is 0.590. The highest BCUT2D eigenvalue weighted by Crippen LogP contribution is 2.13. The van der Waals surface area contributed by atoms with Crippen LogP contribution in [0.5, 0.6) is 0 Å². The first kappa shape index (κ1) is 17.1. The van der Waals surface area contributed by atoms with E-state index in [1.54, 1.807) is 6.92 Å². The molecule has 118 valence electrons. The smallest absolute Gasteiger partial charge is 0.358 e. The maximum Gasteiger partial charge on any atom is 0.358 e. The number of rotatable bonds is 9. The number of carbonyl (C=O) groups excluding carboxylic acids is 1. The highest BCUT2D eigenvalue weighted by atomic mass is 16.5. The van der Waals surface area contributed by atoms with Gasteiger partial charge in [0.1, 0.15) is 6.04 Å². The fourth-order valence-electron chi connectivity index (χ4n) is 1.76. The van der Waals surface area contributed by atoms with Gasteiger partial charge in [-0.25, -0.2) is 9.48 Å². The molecule has 0 saturated carbocycles. The topological polar surface area (TPSA) is 116 Å². The summed E-state index contributed by atoms with van der Waals surface area (Å²) in [5.41, 5.74) is 0.197. The third-order valence-electron chi connectivity index (χ3n) is 2.89. The van der Waals surface area contributed by atoms with Crippen molar-refractivity contribution in [1.29, 1.82) is 0 Å². The lowest BCUT2D eigenvalue weighted by Crippen LogP contribution is -2.34. The molecule has 2 N–H and O–H groups in total. The third kappa shape index (κ3) is 4.50. The summed E-state index contributed by atoms with van der Waals surface area (Å²) in [6, 6.07) is -0.672. The van der Waals surface area contributed by atoms with Crippen LogP contribution in [0.1, 0.15) is 29.1 Å². The van der Waals surface area contributed by atoms with Crippen molar-refractivity contribution in [3.05, 3.63) is 11.4 Å². The highest BCUT2D eigenvalue weighted by Gasteiger charge is 2.24. The number of hydrogen-bond donors (Lipinski definition) is 2. The molecule has 0 spiro atoms. The van der Waals surface area contributed by atoms with E-state index in [1.165, 1.54) is 18.9 Å². The van der Waals surface area contributed by atoms with Crippen LogP contribution in [0.3, 0.4) is 0 Å². The first-order valence-corrected chi connectivity index (χ1v) is 6.45. The van der Waals surface area contributed by atoms with Crippen molar-refractivity contribution in [3.8, 4) is 0 Å². The molecule has 1 rings (SSSR count). The molecule has 0 aliphatic heterocycles. The number of carbonyl (C=O) groups is 2. The molecule has 0 aromatic carbocycles. The molecule has 9 nitrogen and oxygen atoms in total. The van der Waals surface area contributed by atoms with Crippen LogP contribution in [-0.2, 0) is 20.7 Å². The Kier molecular flexibility index (Phi) is 6.76. The third-order valence-corrected chi connectivity index (χ3v) is 2.89. The van der Waals surface area contributed by atoms with Crippen molar-refractivity contribution >= 4 is 11.9 Å². The lowest BCUT2D eigenvalue weighted by molar-refractivity contribution is -0.124. The first-order chi connectivity index (χ1) is 10.0. The Labute approximate surface area is 122 Å². The average Bonchev–Trinajstić information content (AvgIpc) is 2.88. The Morgan fingerprint density at radius 2 is 2.00 bits per heavy atom. The summed E-state index contributed by atoms with van der Waals surface area (Å²) in [6.07, 6.45) is 0.306. The van der Waals surface area contributed by atoms with Gasteiger partial charge in [-0.3, -0.25) is 4.79 Å². The molecule has 1 aromatic heterocycles. The zero-order valence-electron chi connectivity index (χ0n) is 12.3. The van der Waals surface area contributed by atoms with E-state index in [2.05, 4.69) is 15.6 Å². The predicted octanol–water partition coefficient (Wildman–Crippen LogP) is -0.511. The fraction of sp³-hybridized carbons (Fsp3) is 0.667. The van der Waals surface area contributed by atoms with E-state index in [0.717, 1.165) is 0 Å². The van der Waals surface area contributed by atoms with E-state index in [1.807, 2.05) is 0 Å². The minimum absolute atomic E-state index is 0.163. The van der Waals surface area contributed by atoms with Gasteiger partial charge in [0.05, 0.1) is 18.9 Å². The second-order valence-electron chi connectivity index (χ2n) is 4.34. The zero-order chi connectivity index (χ0) is 15.8. The van der Waals surface area contributed by atoms with Gasteiger partial charge in [-0.2, -0.15) is 0 Å². The van der Waals surface area contributed by atoms with Gasteiger partial charge >= 0.3 is 5.97 Å². The lowest BCUT2D eigenvalue weighted by atomic mass is 10.2. The zero-order valence-corrected chi connectivity index (χ0v) is 12.3. The van der Waals surface area contributed by atoms with Crippen LogP contribution in [0.25, 0.3) is 0 Å². The normalized spacial score (nSPS) is 12.1. The van der Waals surface area contributed by atoms with Crippen LogP contribution in [0.4, 0.5) is 0 Å². The molecule has 1 atom stereocenters. The van der Waals surface area contributed by atoms with E-state index in [0.29, 0.717) is 31.9 Å². The van der Waals surface area contributed by atoms with Crippen molar-refractivity contribution < 1.29 is 24.2 Å². The molecule has 1 heterocycles. The van der Waals surface area contributed by atoms with Crippen molar-refractivity contribution in [2.24, 2.45) is 0 Å². The number of hydrogen-bond acceptors (Lipinski definition) is 6. The predicted molar refractivity (Wildman–Crippen MR) is 72.2 cm³/mol. The van der Waals surface area contributed by atoms with E-state index in [-0.39, 0.29) is 11.6 Å². The van der Waals surface area contributed by atoms with Gasteiger partial charge in [0.25, 0.3) is 0 Å². The van der Waals surface area contributed by atoms with Crippen LogP contribution in [0.2, 0.25) is 0 Å². The molecule has 1 aromatic rings. The maximum atomic E-state index is 12.0.